The highest BCUT2D eigenvalue weighted by Crippen LogP contribution is 2.43. The van der Waals surface area contributed by atoms with Gasteiger partial charge in [-0.15, -0.1) is 11.3 Å². The third kappa shape index (κ3) is 3.03. The van der Waals surface area contributed by atoms with Crippen molar-refractivity contribution in [3.05, 3.63) is 53.3 Å². The van der Waals surface area contributed by atoms with Gasteiger partial charge in [-0.1, -0.05) is 28.1 Å². The quantitative estimate of drug-likeness (QED) is 0.399. The molecule has 17 heavy (non-hydrogen) atoms. The lowest BCUT2D eigenvalue weighted by Crippen LogP contribution is -1.94. The van der Waals surface area contributed by atoms with Crippen LogP contribution in [0.25, 0.3) is 0 Å². The standard InChI is InChI=1S/C11H5Br4FS/c12-8-4-6(11(15)17-8)9(13)5-2-1-3-7(16)10(5)14/h1-4,9H. The zero-order valence-electron chi connectivity index (χ0n) is 8.18. The van der Waals surface area contributed by atoms with Crippen molar-refractivity contribution in [1.82, 2.24) is 0 Å². The van der Waals surface area contributed by atoms with Gasteiger partial charge in [-0.3, -0.25) is 0 Å². The van der Waals surface area contributed by atoms with Crippen LogP contribution >= 0.6 is 75.1 Å². The van der Waals surface area contributed by atoms with E-state index in [1.165, 1.54) is 6.07 Å². The highest BCUT2D eigenvalue weighted by atomic mass is 79.9. The smallest absolute Gasteiger partial charge is 0.137 e. The Morgan fingerprint density at radius 2 is 1.82 bits per heavy atom. The van der Waals surface area contributed by atoms with Crippen molar-refractivity contribution in [3.8, 4) is 0 Å². The Hall–Kier alpha value is 0.770. The molecular formula is C11H5Br4FS. The van der Waals surface area contributed by atoms with Crippen LogP contribution in [0.2, 0.25) is 0 Å². The number of halogens is 5. The predicted octanol–water partition coefficient (Wildman–Crippen LogP) is 6.66. The summed E-state index contributed by atoms with van der Waals surface area (Å²) in [5.41, 5.74) is 1.95. The Morgan fingerprint density at radius 3 is 2.41 bits per heavy atom. The second kappa shape index (κ2) is 5.82. The predicted molar refractivity (Wildman–Crippen MR) is 84.6 cm³/mol. The van der Waals surface area contributed by atoms with Crippen LogP contribution in [0, 0.1) is 5.82 Å². The average molecular weight is 508 g/mol. The molecule has 0 aliphatic heterocycles. The van der Waals surface area contributed by atoms with Crippen molar-refractivity contribution in [2.75, 3.05) is 0 Å². The molecule has 0 amide bonds. The van der Waals surface area contributed by atoms with Crippen LogP contribution in [-0.2, 0) is 0 Å². The zero-order valence-corrected chi connectivity index (χ0v) is 15.3. The molecule has 2 rings (SSSR count). The van der Waals surface area contributed by atoms with Crippen molar-refractivity contribution in [1.29, 1.82) is 0 Å². The lowest BCUT2D eigenvalue weighted by molar-refractivity contribution is 0.619. The molecule has 0 saturated carbocycles. The molecule has 0 aliphatic rings. The van der Waals surface area contributed by atoms with Gasteiger partial charge >= 0.3 is 0 Å². The van der Waals surface area contributed by atoms with Gasteiger partial charge in [0.2, 0.25) is 0 Å². The molecule has 0 aliphatic carbocycles. The summed E-state index contributed by atoms with van der Waals surface area (Å²) in [5, 5.41) is 0. The Bertz CT molecular complexity index is 552. The summed E-state index contributed by atoms with van der Waals surface area (Å²) in [7, 11) is 0. The molecule has 2 aromatic rings. The molecule has 6 heteroatoms. The number of benzene rings is 1. The molecule has 90 valence electrons. The fourth-order valence-corrected chi connectivity index (χ4v) is 6.31. The molecule has 0 bridgehead atoms. The van der Waals surface area contributed by atoms with E-state index in [4.69, 9.17) is 0 Å². The van der Waals surface area contributed by atoms with Gasteiger partial charge in [-0.2, -0.15) is 0 Å². The summed E-state index contributed by atoms with van der Waals surface area (Å²) < 4.78 is 16.0. The number of hydrogen-bond donors (Lipinski definition) is 0. The van der Waals surface area contributed by atoms with Crippen LogP contribution in [0.3, 0.4) is 0 Å². The summed E-state index contributed by atoms with van der Waals surface area (Å²) in [5.74, 6) is -0.252. The summed E-state index contributed by atoms with van der Waals surface area (Å²) >= 11 is 15.4. The molecule has 0 N–H and O–H groups in total. The Morgan fingerprint density at radius 1 is 1.12 bits per heavy atom. The molecule has 0 fully saturated rings. The topological polar surface area (TPSA) is 0 Å². The van der Waals surface area contributed by atoms with Gasteiger partial charge in [0, 0.05) is 0 Å². The van der Waals surface area contributed by atoms with Crippen molar-refractivity contribution in [2.45, 2.75) is 4.83 Å². The van der Waals surface area contributed by atoms with E-state index < -0.39 is 0 Å². The lowest BCUT2D eigenvalue weighted by Gasteiger charge is -2.12. The van der Waals surface area contributed by atoms with Crippen molar-refractivity contribution < 1.29 is 4.39 Å². The minimum atomic E-state index is -0.252. The molecule has 1 aromatic heterocycles. The summed E-state index contributed by atoms with van der Waals surface area (Å²) in [6, 6.07) is 7.06. The first-order valence-corrected chi connectivity index (χ1v) is 8.64. The third-order valence-corrected chi connectivity index (χ3v) is 6.42. The first kappa shape index (κ1) is 14.2. The summed E-state index contributed by atoms with van der Waals surface area (Å²) in [4.78, 5) is -0.0514. The van der Waals surface area contributed by atoms with E-state index >= 15 is 0 Å². The first-order valence-electron chi connectivity index (χ1n) is 4.53. The lowest BCUT2D eigenvalue weighted by atomic mass is 10.1. The molecule has 0 nitrogen and oxygen atoms in total. The highest BCUT2D eigenvalue weighted by Gasteiger charge is 2.19. The number of alkyl halides is 1. The number of thiophene rings is 1. The van der Waals surface area contributed by atoms with E-state index in [1.54, 1.807) is 17.4 Å². The van der Waals surface area contributed by atoms with Gasteiger partial charge in [-0.25, -0.2) is 4.39 Å². The minimum Gasteiger partial charge on any atom is -0.206 e. The Labute approximate surface area is 136 Å². The summed E-state index contributed by atoms with van der Waals surface area (Å²) in [6.07, 6.45) is 0. The monoisotopic (exact) mass is 504 g/mol. The van der Waals surface area contributed by atoms with Gasteiger partial charge in [0.25, 0.3) is 0 Å². The molecule has 0 radical (unpaired) electrons. The van der Waals surface area contributed by atoms with Crippen molar-refractivity contribution in [3.63, 3.8) is 0 Å². The minimum absolute atomic E-state index is 0.0514. The van der Waals surface area contributed by atoms with Gasteiger partial charge in [0.1, 0.15) is 5.82 Å². The molecule has 0 saturated heterocycles. The van der Waals surface area contributed by atoms with Crippen LogP contribution in [0.1, 0.15) is 16.0 Å². The zero-order chi connectivity index (χ0) is 12.6. The van der Waals surface area contributed by atoms with Gasteiger partial charge in [-0.05, 0) is 71.0 Å². The highest BCUT2D eigenvalue weighted by molar-refractivity contribution is 9.12. The molecule has 1 atom stereocenters. The first-order chi connectivity index (χ1) is 8.00. The van der Waals surface area contributed by atoms with E-state index in [-0.39, 0.29) is 10.6 Å². The Kier molecular flexibility index (Phi) is 4.86. The molecular weight excluding hydrogens is 503 g/mol. The summed E-state index contributed by atoms with van der Waals surface area (Å²) in [6.45, 7) is 0. The molecule has 1 heterocycles. The fraction of sp³-hybridized carbons (Fsp3) is 0.0909. The van der Waals surface area contributed by atoms with Crippen molar-refractivity contribution in [2.24, 2.45) is 0 Å². The maximum Gasteiger partial charge on any atom is 0.137 e. The number of hydrogen-bond acceptors (Lipinski definition) is 1. The van der Waals surface area contributed by atoms with E-state index in [9.17, 15) is 4.39 Å². The average Bonchev–Trinajstić information content (AvgIpc) is 2.61. The van der Waals surface area contributed by atoms with Gasteiger partial charge in [0.15, 0.2) is 0 Å². The van der Waals surface area contributed by atoms with E-state index in [0.717, 1.165) is 18.7 Å². The normalized spacial score (nSPS) is 12.8. The molecule has 0 spiro atoms. The molecule has 1 unspecified atom stereocenters. The maximum atomic E-state index is 13.5. The van der Waals surface area contributed by atoms with E-state index in [2.05, 4.69) is 63.7 Å². The fourth-order valence-electron chi connectivity index (χ4n) is 1.41. The Balaban J connectivity index is 2.47. The van der Waals surface area contributed by atoms with Crippen LogP contribution in [-0.4, -0.2) is 0 Å². The van der Waals surface area contributed by atoms with Crippen LogP contribution in [0.15, 0.2) is 36.3 Å². The molecule has 1 aromatic carbocycles. The third-order valence-electron chi connectivity index (χ3n) is 2.21. The SMILES string of the molecule is Fc1cccc(C(Br)c2cc(Br)sc2Br)c1Br. The van der Waals surface area contributed by atoms with Crippen LogP contribution in [0.4, 0.5) is 4.39 Å². The number of rotatable bonds is 2. The van der Waals surface area contributed by atoms with E-state index in [0.29, 0.717) is 4.47 Å². The largest absolute Gasteiger partial charge is 0.206 e. The van der Waals surface area contributed by atoms with Gasteiger partial charge in [0.05, 0.1) is 16.9 Å². The van der Waals surface area contributed by atoms with Crippen LogP contribution < -0.4 is 0 Å². The second-order valence-electron chi connectivity index (χ2n) is 3.29. The maximum absolute atomic E-state index is 13.5. The van der Waals surface area contributed by atoms with Gasteiger partial charge < -0.3 is 0 Å². The van der Waals surface area contributed by atoms with Crippen molar-refractivity contribution >= 4 is 75.1 Å². The second-order valence-corrected chi connectivity index (χ2v) is 8.74. The van der Waals surface area contributed by atoms with Crippen LogP contribution in [0.5, 0.6) is 0 Å². The van der Waals surface area contributed by atoms with E-state index in [1.807, 2.05) is 12.1 Å².